The average Bonchev–Trinajstić information content (AvgIpc) is 3.29. The standard InChI is InChI=1S/C27H31N5O3/c1-15-7-16(2)25-23(8-15)30-27(31-25)21-13-29-12-20(17-9-18(34-3)11-19(10-17)35-4)26(21)32-6-5-22(28)24(33)14-32/h7-13,22,24,33H,5-6,14,28H2,1-4H3,(H,30,31)/t22-,24+/m0/s1. The number of aromatic amines is 1. The van der Waals surface area contributed by atoms with Crippen LogP contribution in [0.3, 0.4) is 0 Å². The maximum Gasteiger partial charge on any atom is 0.142 e. The van der Waals surface area contributed by atoms with Crippen molar-refractivity contribution in [2.24, 2.45) is 5.73 Å². The molecule has 0 unspecified atom stereocenters. The number of rotatable bonds is 5. The SMILES string of the molecule is COc1cc(OC)cc(-c2cncc(-c3nc4cc(C)cc(C)c4[nH]3)c2N2CC[C@H](N)[C@H](O)C2)c1. The van der Waals surface area contributed by atoms with E-state index < -0.39 is 6.10 Å². The number of piperidine rings is 1. The predicted molar refractivity (Wildman–Crippen MR) is 138 cm³/mol. The van der Waals surface area contributed by atoms with Crippen molar-refractivity contribution in [2.45, 2.75) is 32.4 Å². The lowest BCUT2D eigenvalue weighted by molar-refractivity contribution is 0.132. The smallest absolute Gasteiger partial charge is 0.142 e. The third-order valence-corrected chi connectivity index (χ3v) is 6.72. The van der Waals surface area contributed by atoms with Gasteiger partial charge < -0.3 is 30.2 Å². The molecule has 8 nitrogen and oxygen atoms in total. The van der Waals surface area contributed by atoms with Crippen LogP contribution in [0.2, 0.25) is 0 Å². The molecule has 4 aromatic rings. The number of imidazole rings is 1. The molecule has 0 saturated carbocycles. The van der Waals surface area contributed by atoms with Crippen LogP contribution in [0.5, 0.6) is 11.5 Å². The van der Waals surface area contributed by atoms with Crippen LogP contribution >= 0.6 is 0 Å². The summed E-state index contributed by atoms with van der Waals surface area (Å²) in [5, 5.41) is 10.6. The number of pyridine rings is 1. The molecule has 0 bridgehead atoms. The fraction of sp³-hybridized carbons (Fsp3) is 0.333. The van der Waals surface area contributed by atoms with Crippen molar-refractivity contribution in [2.75, 3.05) is 32.2 Å². The molecule has 35 heavy (non-hydrogen) atoms. The fourth-order valence-corrected chi connectivity index (χ4v) is 4.89. The van der Waals surface area contributed by atoms with E-state index in [0.717, 1.165) is 50.4 Å². The second-order valence-electron chi connectivity index (χ2n) is 9.21. The number of hydrogen-bond donors (Lipinski definition) is 3. The number of aryl methyl sites for hydroxylation is 2. The molecule has 4 N–H and O–H groups in total. The number of H-pyrrole nitrogens is 1. The molecule has 5 rings (SSSR count). The summed E-state index contributed by atoms with van der Waals surface area (Å²) in [6.45, 7) is 5.28. The molecule has 0 spiro atoms. The number of nitrogens with one attached hydrogen (secondary N) is 1. The summed E-state index contributed by atoms with van der Waals surface area (Å²) in [5.41, 5.74) is 14.0. The molecular formula is C27H31N5O3. The highest BCUT2D eigenvalue weighted by Gasteiger charge is 2.29. The first-order chi connectivity index (χ1) is 16.9. The number of aromatic nitrogens is 3. The molecular weight excluding hydrogens is 442 g/mol. The summed E-state index contributed by atoms with van der Waals surface area (Å²) in [6, 6.07) is 9.75. The lowest BCUT2D eigenvalue weighted by Gasteiger charge is -2.37. The summed E-state index contributed by atoms with van der Waals surface area (Å²) in [5.74, 6) is 2.11. The van der Waals surface area contributed by atoms with Gasteiger partial charge in [-0.25, -0.2) is 4.98 Å². The normalized spacial score (nSPS) is 18.2. The number of anilines is 1. The zero-order valence-electron chi connectivity index (χ0n) is 20.5. The number of nitrogens with two attached hydrogens (primary N) is 1. The second-order valence-corrected chi connectivity index (χ2v) is 9.21. The minimum atomic E-state index is -0.627. The summed E-state index contributed by atoms with van der Waals surface area (Å²) < 4.78 is 11.1. The number of aliphatic hydroxyl groups is 1. The molecule has 2 aromatic carbocycles. The lowest BCUT2D eigenvalue weighted by atomic mass is 9.97. The number of ether oxygens (including phenoxy) is 2. The minimum Gasteiger partial charge on any atom is -0.497 e. The van der Waals surface area contributed by atoms with Gasteiger partial charge in [-0.15, -0.1) is 0 Å². The van der Waals surface area contributed by atoms with Crippen molar-refractivity contribution in [3.63, 3.8) is 0 Å². The van der Waals surface area contributed by atoms with Gasteiger partial charge in [-0.05, 0) is 55.2 Å². The van der Waals surface area contributed by atoms with Gasteiger partial charge in [-0.3, -0.25) is 4.98 Å². The molecule has 1 saturated heterocycles. The number of aliphatic hydroxyl groups excluding tert-OH is 1. The van der Waals surface area contributed by atoms with Crippen LogP contribution in [0, 0.1) is 13.8 Å². The van der Waals surface area contributed by atoms with Crippen molar-refractivity contribution in [1.82, 2.24) is 15.0 Å². The fourth-order valence-electron chi connectivity index (χ4n) is 4.89. The molecule has 2 atom stereocenters. The van der Waals surface area contributed by atoms with E-state index in [2.05, 4.69) is 40.8 Å². The van der Waals surface area contributed by atoms with Crippen molar-refractivity contribution in [1.29, 1.82) is 0 Å². The number of fused-ring (bicyclic) bond motifs is 1. The molecule has 8 heteroatoms. The number of benzene rings is 2. The summed E-state index contributed by atoms with van der Waals surface area (Å²) >= 11 is 0. The molecule has 1 aliphatic rings. The topological polar surface area (TPSA) is 110 Å². The van der Waals surface area contributed by atoms with Crippen LogP contribution in [-0.2, 0) is 0 Å². The Labute approximate surface area is 204 Å². The zero-order valence-corrected chi connectivity index (χ0v) is 20.5. The number of nitrogens with zero attached hydrogens (tertiary/aromatic N) is 3. The largest absolute Gasteiger partial charge is 0.497 e. The van der Waals surface area contributed by atoms with Crippen molar-refractivity contribution in [3.05, 3.63) is 53.9 Å². The summed E-state index contributed by atoms with van der Waals surface area (Å²) in [7, 11) is 3.27. The highest BCUT2D eigenvalue weighted by Crippen LogP contribution is 2.41. The monoisotopic (exact) mass is 473 g/mol. The van der Waals surface area contributed by atoms with E-state index in [4.69, 9.17) is 20.2 Å². The molecule has 182 valence electrons. The third-order valence-electron chi connectivity index (χ3n) is 6.72. The van der Waals surface area contributed by atoms with Crippen molar-refractivity contribution >= 4 is 16.7 Å². The maximum atomic E-state index is 10.6. The second kappa shape index (κ2) is 9.20. The van der Waals surface area contributed by atoms with Crippen LogP contribution in [0.1, 0.15) is 17.5 Å². The van der Waals surface area contributed by atoms with E-state index in [-0.39, 0.29) is 6.04 Å². The first kappa shape index (κ1) is 23.1. The average molecular weight is 474 g/mol. The number of hydrogen-bond acceptors (Lipinski definition) is 7. The van der Waals surface area contributed by atoms with Gasteiger partial charge in [0, 0.05) is 43.2 Å². The van der Waals surface area contributed by atoms with E-state index in [1.807, 2.05) is 30.6 Å². The maximum absolute atomic E-state index is 10.6. The van der Waals surface area contributed by atoms with Crippen LogP contribution in [0.15, 0.2) is 42.7 Å². The third kappa shape index (κ3) is 4.31. The molecule has 1 aliphatic heterocycles. The first-order valence-electron chi connectivity index (χ1n) is 11.7. The van der Waals surface area contributed by atoms with E-state index >= 15 is 0 Å². The van der Waals surface area contributed by atoms with E-state index in [9.17, 15) is 5.11 Å². The van der Waals surface area contributed by atoms with Gasteiger partial charge in [-0.1, -0.05) is 6.07 Å². The van der Waals surface area contributed by atoms with E-state index in [0.29, 0.717) is 31.0 Å². The van der Waals surface area contributed by atoms with Gasteiger partial charge in [-0.2, -0.15) is 0 Å². The lowest BCUT2D eigenvalue weighted by Crippen LogP contribution is -2.50. The highest BCUT2D eigenvalue weighted by molar-refractivity contribution is 5.92. The van der Waals surface area contributed by atoms with Gasteiger partial charge >= 0.3 is 0 Å². The molecule has 0 amide bonds. The highest BCUT2D eigenvalue weighted by atomic mass is 16.5. The molecule has 2 aromatic heterocycles. The summed E-state index contributed by atoms with van der Waals surface area (Å²) in [4.78, 5) is 15.2. The van der Waals surface area contributed by atoms with Gasteiger partial charge in [0.15, 0.2) is 0 Å². The Morgan fingerprint density at radius 3 is 2.43 bits per heavy atom. The molecule has 0 radical (unpaired) electrons. The zero-order chi connectivity index (χ0) is 24.7. The van der Waals surface area contributed by atoms with Crippen molar-refractivity contribution in [3.8, 4) is 34.0 Å². The van der Waals surface area contributed by atoms with Crippen LogP contribution < -0.4 is 20.1 Å². The Morgan fingerprint density at radius 1 is 1.03 bits per heavy atom. The minimum absolute atomic E-state index is 0.242. The Balaban J connectivity index is 1.74. The Hall–Kier alpha value is -3.62. The number of β-amino-alcohol motifs (C(OH)–C–C–N with tert-alkyl or cyclic N) is 1. The Morgan fingerprint density at radius 2 is 1.74 bits per heavy atom. The van der Waals surface area contributed by atoms with E-state index in [1.165, 1.54) is 0 Å². The Bertz CT molecular complexity index is 1360. The first-order valence-corrected chi connectivity index (χ1v) is 11.7. The van der Waals surface area contributed by atoms with Gasteiger partial charge in [0.05, 0.1) is 42.6 Å². The van der Waals surface area contributed by atoms with Gasteiger partial charge in [0.25, 0.3) is 0 Å². The molecule has 0 aliphatic carbocycles. The van der Waals surface area contributed by atoms with Crippen LogP contribution in [0.4, 0.5) is 5.69 Å². The van der Waals surface area contributed by atoms with Crippen LogP contribution in [0.25, 0.3) is 33.5 Å². The Kier molecular flexibility index (Phi) is 6.08. The molecule has 3 heterocycles. The van der Waals surface area contributed by atoms with Crippen molar-refractivity contribution < 1.29 is 14.6 Å². The number of methoxy groups -OCH3 is 2. The summed E-state index contributed by atoms with van der Waals surface area (Å²) in [6.07, 6.45) is 3.73. The van der Waals surface area contributed by atoms with Gasteiger partial charge in [0.2, 0.25) is 0 Å². The quantitative estimate of drug-likeness (QED) is 0.404. The van der Waals surface area contributed by atoms with E-state index in [1.54, 1.807) is 14.2 Å². The molecule has 1 fully saturated rings. The van der Waals surface area contributed by atoms with Gasteiger partial charge in [0.1, 0.15) is 17.3 Å². The predicted octanol–water partition coefficient (Wildman–Crippen LogP) is 3.82. The van der Waals surface area contributed by atoms with Crippen LogP contribution in [-0.4, -0.2) is 59.5 Å².